The maximum Gasteiger partial charge on any atom is 0.337 e. The number of ether oxygens (including phenoxy) is 1. The highest BCUT2D eigenvalue weighted by atomic mass is 16.5. The van der Waals surface area contributed by atoms with Crippen molar-refractivity contribution in [3.63, 3.8) is 0 Å². The standard InChI is InChI=1S/C18H19N5O3/c1-3-6-15-19-16-11(18(24)25)9-10-14(26-2)17(16)22(15)23-13-8-5-4-7-12(13)20-21-23/h4-5,7-10,15,19H,3,6H2,1-2H3,(H,24,25). The molecule has 1 aliphatic rings. The van der Waals surface area contributed by atoms with E-state index >= 15 is 0 Å². The summed E-state index contributed by atoms with van der Waals surface area (Å²) in [5.41, 5.74) is 3.00. The zero-order valence-electron chi connectivity index (χ0n) is 14.5. The molecule has 1 atom stereocenters. The Morgan fingerprint density at radius 2 is 2.12 bits per heavy atom. The van der Waals surface area contributed by atoms with Crippen molar-refractivity contribution in [3.8, 4) is 5.75 Å². The first-order chi connectivity index (χ1) is 12.7. The largest absolute Gasteiger partial charge is 0.494 e. The molecule has 0 radical (unpaired) electrons. The molecule has 3 aromatic rings. The summed E-state index contributed by atoms with van der Waals surface area (Å²) in [7, 11) is 1.57. The van der Waals surface area contributed by atoms with Gasteiger partial charge in [-0.05, 0) is 35.9 Å². The van der Waals surface area contributed by atoms with Crippen LogP contribution in [0, 0.1) is 0 Å². The third-order valence-electron chi connectivity index (χ3n) is 4.53. The second-order valence-corrected chi connectivity index (χ2v) is 6.11. The van der Waals surface area contributed by atoms with Crippen molar-refractivity contribution in [2.75, 3.05) is 17.4 Å². The summed E-state index contributed by atoms with van der Waals surface area (Å²) in [4.78, 5) is 13.4. The first-order valence-electron chi connectivity index (χ1n) is 8.46. The number of aromatic carboxylic acids is 1. The number of fused-ring (bicyclic) bond motifs is 2. The minimum absolute atomic E-state index is 0.158. The molecular weight excluding hydrogens is 334 g/mol. The van der Waals surface area contributed by atoms with Gasteiger partial charge in [0.2, 0.25) is 0 Å². The molecule has 1 unspecified atom stereocenters. The molecule has 2 aromatic carbocycles. The van der Waals surface area contributed by atoms with E-state index in [0.717, 1.165) is 23.9 Å². The Kier molecular flexibility index (Phi) is 3.87. The van der Waals surface area contributed by atoms with Crippen molar-refractivity contribution in [2.24, 2.45) is 0 Å². The van der Waals surface area contributed by atoms with Gasteiger partial charge >= 0.3 is 5.97 Å². The van der Waals surface area contributed by atoms with Crippen molar-refractivity contribution < 1.29 is 14.6 Å². The van der Waals surface area contributed by atoms with Gasteiger partial charge in [-0.1, -0.05) is 25.5 Å². The van der Waals surface area contributed by atoms with E-state index in [2.05, 4.69) is 22.6 Å². The summed E-state index contributed by atoms with van der Waals surface area (Å²) in [6.45, 7) is 2.08. The van der Waals surface area contributed by atoms with Gasteiger partial charge < -0.3 is 15.2 Å². The summed E-state index contributed by atoms with van der Waals surface area (Å²) in [6.07, 6.45) is 1.56. The first kappa shape index (κ1) is 16.2. The number of rotatable bonds is 5. The summed E-state index contributed by atoms with van der Waals surface area (Å²) < 4.78 is 5.52. The number of carbonyl (C=O) groups is 1. The van der Waals surface area contributed by atoms with Gasteiger partial charge in [0.1, 0.15) is 28.6 Å². The number of methoxy groups -OCH3 is 1. The molecule has 2 N–H and O–H groups in total. The van der Waals surface area contributed by atoms with Crippen molar-refractivity contribution in [2.45, 2.75) is 25.9 Å². The molecule has 8 heteroatoms. The van der Waals surface area contributed by atoms with Gasteiger partial charge in [0, 0.05) is 0 Å². The Balaban J connectivity index is 1.96. The predicted molar refractivity (Wildman–Crippen MR) is 97.7 cm³/mol. The van der Waals surface area contributed by atoms with Gasteiger partial charge in [-0.25, -0.2) is 9.80 Å². The molecule has 2 heterocycles. The first-order valence-corrected chi connectivity index (χ1v) is 8.46. The number of carboxylic acids is 1. The van der Waals surface area contributed by atoms with Crippen LogP contribution >= 0.6 is 0 Å². The number of nitrogens with zero attached hydrogens (tertiary/aromatic N) is 4. The lowest BCUT2D eigenvalue weighted by molar-refractivity contribution is 0.0698. The van der Waals surface area contributed by atoms with Crippen LogP contribution in [0.5, 0.6) is 5.75 Å². The molecule has 0 amide bonds. The van der Waals surface area contributed by atoms with Crippen molar-refractivity contribution in [3.05, 3.63) is 42.0 Å². The average molecular weight is 353 g/mol. The maximum atomic E-state index is 11.7. The Hall–Kier alpha value is -3.29. The minimum atomic E-state index is -0.989. The number of nitrogens with one attached hydrogen (secondary N) is 1. The Labute approximate surface area is 149 Å². The number of benzene rings is 2. The van der Waals surface area contributed by atoms with E-state index in [9.17, 15) is 9.90 Å². The van der Waals surface area contributed by atoms with Crippen LogP contribution in [0.3, 0.4) is 0 Å². The molecule has 1 aliphatic heterocycles. The second-order valence-electron chi connectivity index (χ2n) is 6.11. The molecule has 0 aliphatic carbocycles. The number of anilines is 2. The van der Waals surface area contributed by atoms with E-state index in [-0.39, 0.29) is 11.7 Å². The minimum Gasteiger partial charge on any atom is -0.494 e. The third-order valence-corrected chi connectivity index (χ3v) is 4.53. The Morgan fingerprint density at radius 1 is 1.31 bits per heavy atom. The predicted octanol–water partition coefficient (Wildman–Crippen LogP) is 2.96. The molecule has 8 nitrogen and oxygen atoms in total. The van der Waals surface area contributed by atoms with Gasteiger partial charge in [0.05, 0.1) is 18.4 Å². The summed E-state index contributed by atoms with van der Waals surface area (Å²) >= 11 is 0. The quantitative estimate of drug-likeness (QED) is 0.728. The Bertz CT molecular complexity index is 984. The van der Waals surface area contributed by atoms with Crippen molar-refractivity contribution in [1.82, 2.24) is 15.1 Å². The number of aromatic nitrogens is 3. The SMILES string of the molecule is CCCC1Nc2c(C(=O)O)ccc(OC)c2N1n1nnc2ccccc21. The van der Waals surface area contributed by atoms with Gasteiger partial charge in [0.25, 0.3) is 0 Å². The monoisotopic (exact) mass is 353 g/mol. The molecule has 26 heavy (non-hydrogen) atoms. The van der Waals surface area contributed by atoms with Gasteiger partial charge in [0.15, 0.2) is 0 Å². The lowest BCUT2D eigenvalue weighted by atomic mass is 10.1. The second kappa shape index (κ2) is 6.21. The highest BCUT2D eigenvalue weighted by Gasteiger charge is 2.37. The lowest BCUT2D eigenvalue weighted by Gasteiger charge is -2.26. The van der Waals surface area contributed by atoms with E-state index in [1.54, 1.807) is 24.0 Å². The molecule has 0 spiro atoms. The molecule has 0 saturated heterocycles. The van der Waals surface area contributed by atoms with Crippen LogP contribution in [0.25, 0.3) is 11.0 Å². The van der Waals surface area contributed by atoms with Crippen LogP contribution in [0.15, 0.2) is 36.4 Å². The van der Waals surface area contributed by atoms with Gasteiger partial charge in [-0.3, -0.25) is 0 Å². The summed E-state index contributed by atoms with van der Waals surface area (Å²) in [5, 5.41) is 23.4. The highest BCUT2D eigenvalue weighted by molar-refractivity contribution is 6.01. The molecule has 0 fully saturated rings. The molecule has 4 rings (SSSR count). The fourth-order valence-corrected chi connectivity index (χ4v) is 3.38. The fourth-order valence-electron chi connectivity index (χ4n) is 3.38. The van der Waals surface area contributed by atoms with E-state index in [1.165, 1.54) is 0 Å². The number of hydrogen-bond acceptors (Lipinski definition) is 6. The van der Waals surface area contributed by atoms with Gasteiger partial charge in [-0.2, -0.15) is 0 Å². The van der Waals surface area contributed by atoms with E-state index < -0.39 is 5.97 Å². The average Bonchev–Trinajstić information content (AvgIpc) is 3.22. The van der Waals surface area contributed by atoms with Crippen LogP contribution in [0.4, 0.5) is 11.4 Å². The van der Waals surface area contributed by atoms with Crippen LogP contribution in [-0.4, -0.2) is 39.5 Å². The smallest absolute Gasteiger partial charge is 0.337 e. The van der Waals surface area contributed by atoms with Crippen LogP contribution < -0.4 is 15.1 Å². The zero-order chi connectivity index (χ0) is 18.3. The van der Waals surface area contributed by atoms with E-state index in [4.69, 9.17) is 4.74 Å². The summed E-state index contributed by atoms with van der Waals surface area (Å²) in [6, 6.07) is 10.9. The van der Waals surface area contributed by atoms with Crippen molar-refractivity contribution in [1.29, 1.82) is 0 Å². The number of carboxylic acid groups (broad SMARTS) is 1. The van der Waals surface area contributed by atoms with Crippen LogP contribution in [-0.2, 0) is 0 Å². The normalized spacial score (nSPS) is 15.8. The lowest BCUT2D eigenvalue weighted by Crippen LogP contribution is -2.40. The number of hydrogen-bond donors (Lipinski definition) is 2. The molecule has 134 valence electrons. The molecule has 1 aromatic heterocycles. The topological polar surface area (TPSA) is 92.5 Å². The molecule has 0 saturated carbocycles. The van der Waals surface area contributed by atoms with E-state index in [0.29, 0.717) is 17.1 Å². The molecule has 0 bridgehead atoms. The number of para-hydroxylation sites is 1. The summed E-state index contributed by atoms with van der Waals surface area (Å²) in [5.74, 6) is -0.410. The van der Waals surface area contributed by atoms with Crippen LogP contribution in [0.1, 0.15) is 30.1 Å². The zero-order valence-corrected chi connectivity index (χ0v) is 14.5. The van der Waals surface area contributed by atoms with E-state index in [1.807, 2.05) is 29.3 Å². The maximum absolute atomic E-state index is 11.7. The molecular formula is C18H19N5O3. The highest BCUT2D eigenvalue weighted by Crippen LogP contribution is 2.45. The third kappa shape index (κ3) is 2.33. The van der Waals surface area contributed by atoms with Crippen LogP contribution in [0.2, 0.25) is 0 Å². The van der Waals surface area contributed by atoms with Gasteiger partial charge in [-0.15, -0.1) is 9.89 Å². The van der Waals surface area contributed by atoms with Crippen molar-refractivity contribution >= 4 is 28.4 Å². The Morgan fingerprint density at radius 3 is 2.85 bits per heavy atom. The fraction of sp³-hybridized carbons (Fsp3) is 0.278.